The van der Waals surface area contributed by atoms with Crippen LogP contribution < -0.4 is 15.6 Å². The van der Waals surface area contributed by atoms with Crippen molar-refractivity contribution in [2.24, 2.45) is 0 Å². The lowest BCUT2D eigenvalue weighted by Gasteiger charge is -2.18. The van der Waals surface area contributed by atoms with Gasteiger partial charge in [-0.05, 0) is 30.2 Å². The summed E-state index contributed by atoms with van der Waals surface area (Å²) in [5.41, 5.74) is 0.299. The van der Waals surface area contributed by atoms with Crippen molar-refractivity contribution < 1.29 is 17.9 Å². The third-order valence-corrected chi connectivity index (χ3v) is 4.74. The molecule has 0 spiro atoms. The summed E-state index contributed by atoms with van der Waals surface area (Å²) in [5, 5.41) is 2.24. The van der Waals surface area contributed by atoms with Crippen LogP contribution >= 0.6 is 11.6 Å². The number of nitrogens with zero attached hydrogens (tertiary/aromatic N) is 2. The molecule has 29 heavy (non-hydrogen) atoms. The second-order valence-corrected chi connectivity index (χ2v) is 6.66. The zero-order chi connectivity index (χ0) is 21.2. The number of aromatic nitrogens is 2. The van der Waals surface area contributed by atoms with Crippen molar-refractivity contribution in [3.8, 4) is 5.75 Å². The normalized spacial score (nSPS) is 11.4. The molecule has 1 heterocycles. The molecule has 0 aliphatic heterocycles. The third-order valence-electron chi connectivity index (χ3n) is 4.34. The maximum absolute atomic E-state index is 13.1. The fraction of sp³-hybridized carbons (Fsp3) is 0.200. The molecule has 3 rings (SSSR count). The summed E-state index contributed by atoms with van der Waals surface area (Å²) in [4.78, 5) is 16.1. The van der Waals surface area contributed by atoms with Gasteiger partial charge in [-0.15, -0.1) is 0 Å². The maximum Gasteiger partial charge on any atom is 0.417 e. The molecule has 0 bridgehead atoms. The predicted octanol–water partition coefficient (Wildman–Crippen LogP) is 5.02. The first-order valence-electron chi connectivity index (χ1n) is 8.53. The van der Waals surface area contributed by atoms with E-state index in [1.54, 1.807) is 4.57 Å². The van der Waals surface area contributed by atoms with Gasteiger partial charge in [0.2, 0.25) is 11.7 Å². The predicted molar refractivity (Wildman–Crippen MR) is 105 cm³/mol. The number of aryl methyl sites for hydroxylation is 1. The minimum Gasteiger partial charge on any atom is -0.490 e. The van der Waals surface area contributed by atoms with E-state index in [4.69, 9.17) is 16.3 Å². The highest BCUT2D eigenvalue weighted by Crippen LogP contribution is 2.38. The second kappa shape index (κ2) is 8.16. The molecule has 0 radical (unpaired) electrons. The van der Waals surface area contributed by atoms with Crippen LogP contribution in [0.25, 0.3) is 0 Å². The summed E-state index contributed by atoms with van der Waals surface area (Å²) in [6.07, 6.45) is -3.16. The van der Waals surface area contributed by atoms with E-state index in [1.165, 1.54) is 25.4 Å². The number of ether oxygens (including phenoxy) is 1. The summed E-state index contributed by atoms with van der Waals surface area (Å²) in [7, 11) is 1.34. The molecule has 1 aromatic heterocycles. The van der Waals surface area contributed by atoms with Crippen molar-refractivity contribution in [2.75, 3.05) is 12.4 Å². The number of alkyl halides is 3. The highest BCUT2D eigenvalue weighted by atomic mass is 35.5. The Morgan fingerprint density at radius 3 is 2.55 bits per heavy atom. The molecular formula is C20H17ClF3N3O2. The minimum absolute atomic E-state index is 0.0132. The summed E-state index contributed by atoms with van der Waals surface area (Å²) < 4.78 is 46.1. The van der Waals surface area contributed by atoms with Gasteiger partial charge in [-0.3, -0.25) is 4.79 Å². The van der Waals surface area contributed by atoms with E-state index in [0.29, 0.717) is 6.54 Å². The van der Waals surface area contributed by atoms with Gasteiger partial charge in [-0.25, -0.2) is 0 Å². The van der Waals surface area contributed by atoms with Crippen LogP contribution in [0.1, 0.15) is 16.7 Å². The summed E-state index contributed by atoms with van der Waals surface area (Å²) in [6, 6.07) is 11.1. The van der Waals surface area contributed by atoms with E-state index in [9.17, 15) is 18.0 Å². The third kappa shape index (κ3) is 4.54. The number of nitrogens with one attached hydrogen (secondary N) is 1. The number of rotatable bonds is 5. The summed E-state index contributed by atoms with van der Waals surface area (Å²) in [6.45, 7) is 2.24. The van der Waals surface area contributed by atoms with Crippen LogP contribution in [0.5, 0.6) is 5.75 Å². The maximum atomic E-state index is 13.1. The zero-order valence-corrected chi connectivity index (χ0v) is 16.3. The van der Waals surface area contributed by atoms with E-state index >= 15 is 0 Å². The van der Waals surface area contributed by atoms with Gasteiger partial charge in [0.25, 0.3) is 0 Å². The summed E-state index contributed by atoms with van der Waals surface area (Å²) in [5.74, 6) is 0.0551. The van der Waals surface area contributed by atoms with Crippen LogP contribution in [0.3, 0.4) is 0 Å². The van der Waals surface area contributed by atoms with Crippen LogP contribution in [0.4, 0.5) is 24.8 Å². The Kier molecular flexibility index (Phi) is 5.83. The molecule has 0 saturated heterocycles. The molecule has 0 saturated carbocycles. The van der Waals surface area contributed by atoms with E-state index in [2.05, 4.69) is 10.3 Å². The van der Waals surface area contributed by atoms with Crippen LogP contribution in [-0.4, -0.2) is 16.7 Å². The largest absolute Gasteiger partial charge is 0.490 e. The van der Waals surface area contributed by atoms with Crippen molar-refractivity contribution >= 4 is 23.2 Å². The van der Waals surface area contributed by atoms with Crippen molar-refractivity contribution in [3.63, 3.8) is 0 Å². The Morgan fingerprint density at radius 2 is 1.90 bits per heavy atom. The van der Waals surface area contributed by atoms with Crippen molar-refractivity contribution in [3.05, 3.63) is 80.7 Å². The minimum atomic E-state index is -4.61. The Morgan fingerprint density at radius 1 is 1.17 bits per heavy atom. The Hall–Kier alpha value is -3.00. The van der Waals surface area contributed by atoms with Crippen molar-refractivity contribution in [1.82, 2.24) is 9.55 Å². The lowest BCUT2D eigenvalue weighted by atomic mass is 10.1. The number of halogens is 4. The first-order chi connectivity index (χ1) is 13.7. The molecule has 0 fully saturated rings. The lowest BCUT2D eigenvalue weighted by molar-refractivity contribution is -0.137. The van der Waals surface area contributed by atoms with Crippen molar-refractivity contribution in [1.29, 1.82) is 0 Å². The quantitative estimate of drug-likeness (QED) is 0.625. The van der Waals surface area contributed by atoms with Gasteiger partial charge in [-0.1, -0.05) is 41.9 Å². The average molecular weight is 424 g/mol. The molecule has 1 N–H and O–H groups in total. The zero-order valence-electron chi connectivity index (χ0n) is 15.5. The Bertz CT molecular complexity index is 1100. The van der Waals surface area contributed by atoms with Crippen LogP contribution in [0, 0.1) is 6.92 Å². The van der Waals surface area contributed by atoms with Crippen LogP contribution in [-0.2, 0) is 12.7 Å². The smallest absolute Gasteiger partial charge is 0.417 e. The fourth-order valence-electron chi connectivity index (χ4n) is 2.77. The van der Waals surface area contributed by atoms with Crippen LogP contribution in [0.2, 0.25) is 5.02 Å². The number of hydrogen-bond acceptors (Lipinski definition) is 4. The topological polar surface area (TPSA) is 56.1 Å². The standard InChI is InChI=1S/C20H17ClF3N3O2/c1-12-6-3-4-7-13(12)10-27-11-16(29-2)18(28)26-19(27)25-15-9-5-8-14(17(15)21)20(22,23)24/h3-9,11H,10H2,1-2H3,(H,25,26,28). The van der Waals surface area contributed by atoms with Gasteiger partial charge in [0.15, 0.2) is 0 Å². The average Bonchev–Trinajstić information content (AvgIpc) is 2.66. The Labute approximate surface area is 169 Å². The fourth-order valence-corrected chi connectivity index (χ4v) is 3.05. The second-order valence-electron chi connectivity index (χ2n) is 6.28. The molecular weight excluding hydrogens is 407 g/mol. The van der Waals surface area contributed by atoms with Gasteiger partial charge in [0, 0.05) is 0 Å². The molecule has 5 nitrogen and oxygen atoms in total. The molecule has 9 heteroatoms. The molecule has 0 atom stereocenters. The van der Waals surface area contributed by atoms with Gasteiger partial charge >= 0.3 is 11.7 Å². The lowest BCUT2D eigenvalue weighted by Crippen LogP contribution is -2.19. The van der Waals surface area contributed by atoms with Crippen LogP contribution in [0.15, 0.2) is 53.5 Å². The van der Waals surface area contributed by atoms with Gasteiger partial charge in [-0.2, -0.15) is 18.2 Å². The Balaban J connectivity index is 2.07. The number of anilines is 2. The molecule has 0 unspecified atom stereocenters. The SMILES string of the molecule is COc1cn(Cc2ccccc2C)c(Nc2cccc(C(F)(F)F)c2Cl)nc1=O. The number of hydrogen-bond donors (Lipinski definition) is 1. The van der Waals surface area contributed by atoms with E-state index in [1.807, 2.05) is 31.2 Å². The van der Waals surface area contributed by atoms with Crippen molar-refractivity contribution in [2.45, 2.75) is 19.6 Å². The monoisotopic (exact) mass is 423 g/mol. The van der Waals surface area contributed by atoms with Gasteiger partial charge in [0.1, 0.15) is 0 Å². The molecule has 3 aromatic rings. The van der Waals surface area contributed by atoms with E-state index < -0.39 is 22.3 Å². The number of methoxy groups -OCH3 is 1. The number of benzene rings is 2. The van der Waals surface area contributed by atoms with E-state index in [0.717, 1.165) is 17.2 Å². The molecule has 0 amide bonds. The molecule has 152 valence electrons. The van der Waals surface area contributed by atoms with Gasteiger partial charge < -0.3 is 14.6 Å². The van der Waals surface area contributed by atoms with E-state index in [-0.39, 0.29) is 17.4 Å². The first kappa shape index (κ1) is 20.7. The summed E-state index contributed by atoms with van der Waals surface area (Å²) >= 11 is 5.96. The first-order valence-corrected chi connectivity index (χ1v) is 8.91. The van der Waals surface area contributed by atoms with Gasteiger partial charge in [0.05, 0.1) is 36.1 Å². The molecule has 0 aliphatic rings. The molecule has 2 aromatic carbocycles. The molecule has 0 aliphatic carbocycles. The highest BCUT2D eigenvalue weighted by Gasteiger charge is 2.34. The highest BCUT2D eigenvalue weighted by molar-refractivity contribution is 6.34.